The second-order valence-electron chi connectivity index (χ2n) is 7.90. The molecule has 3 rings (SSSR count). The summed E-state index contributed by atoms with van der Waals surface area (Å²) in [6, 6.07) is 4.48. The number of anilines is 1. The van der Waals surface area contributed by atoms with Crippen LogP contribution in [0.4, 0.5) is 10.5 Å². The molecular formula is C19H26N2O5S. The van der Waals surface area contributed by atoms with Gasteiger partial charge >= 0.3 is 12.0 Å². The quantitative estimate of drug-likeness (QED) is 0.817. The first-order valence-electron chi connectivity index (χ1n) is 9.27. The van der Waals surface area contributed by atoms with Crippen LogP contribution >= 0.6 is 0 Å². The van der Waals surface area contributed by atoms with E-state index in [-0.39, 0.29) is 16.7 Å². The summed E-state index contributed by atoms with van der Waals surface area (Å²) < 4.78 is 25.8. The number of nitrogens with one attached hydrogen (secondary N) is 1. The number of benzene rings is 1. The van der Waals surface area contributed by atoms with Gasteiger partial charge in [-0.15, -0.1) is 0 Å². The van der Waals surface area contributed by atoms with Crippen LogP contribution in [0.3, 0.4) is 0 Å². The average Bonchev–Trinajstić information content (AvgIpc) is 3.27. The smallest absolute Gasteiger partial charge is 0.321 e. The van der Waals surface area contributed by atoms with E-state index in [1.807, 2.05) is 0 Å². The number of rotatable bonds is 4. The van der Waals surface area contributed by atoms with Gasteiger partial charge < -0.3 is 15.3 Å². The molecule has 2 amide bonds. The standard InChI is InChI=1S/C19H26N2O5S/c1-13-7-8-14(11-16(13)27(25,26)15-5-3-4-6-15)20-18(24)21-10-9-19(2,12-21)17(22)23/h7-8,11,15H,3-6,9-10,12H2,1-2H3,(H,20,24)(H,22,23). The first-order chi connectivity index (χ1) is 12.6. The molecule has 1 aromatic carbocycles. The summed E-state index contributed by atoms with van der Waals surface area (Å²) >= 11 is 0. The summed E-state index contributed by atoms with van der Waals surface area (Å²) in [7, 11) is -3.42. The van der Waals surface area contributed by atoms with E-state index in [0.717, 1.165) is 12.8 Å². The lowest BCUT2D eigenvalue weighted by Crippen LogP contribution is -2.37. The number of urea groups is 1. The van der Waals surface area contributed by atoms with Crippen LogP contribution in [0.25, 0.3) is 0 Å². The molecule has 1 heterocycles. The van der Waals surface area contributed by atoms with E-state index in [1.165, 1.54) is 11.0 Å². The largest absolute Gasteiger partial charge is 0.481 e. The summed E-state index contributed by atoms with van der Waals surface area (Å²) in [6.07, 6.45) is 3.61. The number of sulfone groups is 1. The van der Waals surface area contributed by atoms with Crippen LogP contribution in [0.2, 0.25) is 0 Å². The number of nitrogens with zero attached hydrogens (tertiary/aromatic N) is 1. The maximum atomic E-state index is 12.9. The van der Waals surface area contributed by atoms with Crippen molar-refractivity contribution in [1.29, 1.82) is 0 Å². The third-order valence-electron chi connectivity index (χ3n) is 5.76. The molecule has 0 bridgehead atoms. The van der Waals surface area contributed by atoms with Crippen LogP contribution in [-0.4, -0.2) is 48.8 Å². The van der Waals surface area contributed by atoms with Crippen LogP contribution < -0.4 is 5.32 Å². The number of hydrogen-bond donors (Lipinski definition) is 2. The summed E-state index contributed by atoms with van der Waals surface area (Å²) in [5.41, 5.74) is 0.132. The van der Waals surface area contributed by atoms with E-state index in [1.54, 1.807) is 26.0 Å². The highest BCUT2D eigenvalue weighted by atomic mass is 32.2. The molecule has 1 aliphatic heterocycles. The Labute approximate surface area is 159 Å². The molecular weight excluding hydrogens is 368 g/mol. The van der Waals surface area contributed by atoms with Gasteiger partial charge in [0.05, 0.1) is 15.6 Å². The number of carbonyl (C=O) groups excluding carboxylic acids is 1. The molecule has 0 aromatic heterocycles. The molecule has 1 atom stereocenters. The molecule has 148 valence electrons. The van der Waals surface area contributed by atoms with E-state index in [0.29, 0.717) is 37.1 Å². The Morgan fingerprint density at radius 3 is 2.52 bits per heavy atom. The maximum Gasteiger partial charge on any atom is 0.321 e. The maximum absolute atomic E-state index is 12.9. The minimum absolute atomic E-state index is 0.132. The lowest BCUT2D eigenvalue weighted by molar-refractivity contribution is -0.146. The van der Waals surface area contributed by atoms with Crippen LogP contribution in [0.5, 0.6) is 0 Å². The Hall–Kier alpha value is -2.09. The monoisotopic (exact) mass is 394 g/mol. The molecule has 1 aromatic rings. The molecule has 2 aliphatic rings. The zero-order chi connectivity index (χ0) is 19.8. The SMILES string of the molecule is Cc1ccc(NC(=O)N2CCC(C)(C(=O)O)C2)cc1S(=O)(=O)C1CCCC1. The zero-order valence-electron chi connectivity index (χ0n) is 15.7. The lowest BCUT2D eigenvalue weighted by atomic mass is 9.90. The lowest BCUT2D eigenvalue weighted by Gasteiger charge is -2.21. The highest BCUT2D eigenvalue weighted by molar-refractivity contribution is 7.92. The minimum atomic E-state index is -3.42. The number of carboxylic acid groups (broad SMARTS) is 1. The van der Waals surface area contributed by atoms with Crippen molar-refractivity contribution in [3.8, 4) is 0 Å². The van der Waals surface area contributed by atoms with Gasteiger partial charge in [0.25, 0.3) is 0 Å². The first kappa shape index (κ1) is 19.7. The third kappa shape index (κ3) is 3.81. The molecule has 1 saturated carbocycles. The first-order valence-corrected chi connectivity index (χ1v) is 10.8. The summed E-state index contributed by atoms with van der Waals surface area (Å²) in [5, 5.41) is 11.7. The number of amides is 2. The molecule has 8 heteroatoms. The predicted octanol–water partition coefficient (Wildman–Crippen LogP) is 3.04. The van der Waals surface area contributed by atoms with Crippen LogP contribution in [0.15, 0.2) is 23.1 Å². The Morgan fingerprint density at radius 1 is 1.26 bits per heavy atom. The molecule has 1 unspecified atom stereocenters. The van der Waals surface area contributed by atoms with Gasteiger partial charge in [-0.1, -0.05) is 18.9 Å². The summed E-state index contributed by atoms with van der Waals surface area (Å²) in [5.74, 6) is -0.918. The van der Waals surface area contributed by atoms with Crippen molar-refractivity contribution < 1.29 is 23.1 Å². The third-order valence-corrected chi connectivity index (χ3v) is 8.17. The second-order valence-corrected chi connectivity index (χ2v) is 10.1. The molecule has 0 spiro atoms. The normalized spacial score (nSPS) is 23.6. The Kier molecular flexibility index (Phi) is 5.20. The molecule has 2 N–H and O–H groups in total. The van der Waals surface area contributed by atoms with E-state index in [2.05, 4.69) is 5.32 Å². The average molecular weight is 394 g/mol. The van der Waals surface area contributed by atoms with Crippen molar-refractivity contribution in [3.05, 3.63) is 23.8 Å². The highest BCUT2D eigenvalue weighted by Gasteiger charge is 2.42. The van der Waals surface area contributed by atoms with Crippen LogP contribution in [0, 0.1) is 12.3 Å². The zero-order valence-corrected chi connectivity index (χ0v) is 16.5. The summed E-state index contributed by atoms with van der Waals surface area (Å²) in [6.45, 7) is 3.87. The molecule has 1 aliphatic carbocycles. The second kappa shape index (κ2) is 7.14. The van der Waals surface area contributed by atoms with Crippen molar-refractivity contribution in [1.82, 2.24) is 4.90 Å². The van der Waals surface area contributed by atoms with Crippen molar-refractivity contribution in [2.75, 3.05) is 18.4 Å². The Morgan fingerprint density at radius 2 is 1.93 bits per heavy atom. The number of carboxylic acids is 1. The predicted molar refractivity (Wildman–Crippen MR) is 102 cm³/mol. The van der Waals surface area contributed by atoms with Crippen molar-refractivity contribution in [2.45, 2.75) is 56.1 Å². The number of carbonyl (C=O) groups is 2. The van der Waals surface area contributed by atoms with Gasteiger partial charge in [-0.05, 0) is 50.8 Å². The molecule has 2 fully saturated rings. The Balaban J connectivity index is 1.77. The van der Waals surface area contributed by atoms with E-state index in [9.17, 15) is 23.1 Å². The van der Waals surface area contributed by atoms with Gasteiger partial charge in [0, 0.05) is 18.8 Å². The Bertz CT molecular complexity index is 861. The van der Waals surface area contributed by atoms with Gasteiger partial charge in [0.1, 0.15) is 0 Å². The number of aliphatic carboxylic acids is 1. The number of aryl methyl sites for hydroxylation is 1. The molecule has 7 nitrogen and oxygen atoms in total. The van der Waals surface area contributed by atoms with Gasteiger partial charge in [-0.2, -0.15) is 0 Å². The molecule has 27 heavy (non-hydrogen) atoms. The minimum Gasteiger partial charge on any atom is -0.481 e. The van der Waals surface area contributed by atoms with Crippen molar-refractivity contribution >= 4 is 27.5 Å². The van der Waals surface area contributed by atoms with Crippen molar-refractivity contribution in [2.24, 2.45) is 5.41 Å². The number of likely N-dealkylation sites (tertiary alicyclic amines) is 1. The van der Waals surface area contributed by atoms with Crippen LogP contribution in [-0.2, 0) is 14.6 Å². The van der Waals surface area contributed by atoms with E-state index < -0.39 is 27.3 Å². The van der Waals surface area contributed by atoms with E-state index in [4.69, 9.17) is 0 Å². The highest BCUT2D eigenvalue weighted by Crippen LogP contribution is 2.33. The fourth-order valence-electron chi connectivity index (χ4n) is 3.87. The summed E-state index contributed by atoms with van der Waals surface area (Å²) in [4.78, 5) is 25.6. The van der Waals surface area contributed by atoms with Gasteiger partial charge in [-0.3, -0.25) is 4.79 Å². The molecule has 0 radical (unpaired) electrons. The van der Waals surface area contributed by atoms with Gasteiger partial charge in [0.2, 0.25) is 0 Å². The van der Waals surface area contributed by atoms with Gasteiger partial charge in [0.15, 0.2) is 9.84 Å². The van der Waals surface area contributed by atoms with Crippen molar-refractivity contribution in [3.63, 3.8) is 0 Å². The van der Waals surface area contributed by atoms with Crippen LogP contribution in [0.1, 0.15) is 44.6 Å². The molecule has 1 saturated heterocycles. The van der Waals surface area contributed by atoms with E-state index >= 15 is 0 Å². The van der Waals surface area contributed by atoms with Gasteiger partial charge in [-0.25, -0.2) is 13.2 Å². The number of hydrogen-bond acceptors (Lipinski definition) is 4. The topological polar surface area (TPSA) is 104 Å². The fourth-order valence-corrected chi connectivity index (χ4v) is 6.00. The fraction of sp³-hybridized carbons (Fsp3) is 0.579.